The van der Waals surface area contributed by atoms with E-state index in [1.165, 1.54) is 0 Å². The molecule has 0 radical (unpaired) electrons. The Bertz CT molecular complexity index is 366. The fourth-order valence-electron chi connectivity index (χ4n) is 2.99. The third-order valence-electron chi connectivity index (χ3n) is 3.66. The predicted molar refractivity (Wildman–Crippen MR) is 80.4 cm³/mol. The van der Waals surface area contributed by atoms with E-state index in [4.69, 9.17) is 5.73 Å². The highest BCUT2D eigenvalue weighted by molar-refractivity contribution is 5.79. The molecule has 1 aliphatic rings. The second-order valence-corrected chi connectivity index (χ2v) is 6.94. The Kier molecular flexibility index (Phi) is 6.67. The summed E-state index contributed by atoms with van der Waals surface area (Å²) in [4.78, 5) is 15.5. The minimum Gasteiger partial charge on any atom is -0.333 e. The van der Waals surface area contributed by atoms with Crippen LogP contribution in [0.2, 0.25) is 0 Å². The van der Waals surface area contributed by atoms with E-state index in [-0.39, 0.29) is 23.9 Å². The van der Waals surface area contributed by atoms with Gasteiger partial charge >= 0.3 is 6.18 Å². The molecule has 0 spiro atoms. The summed E-state index contributed by atoms with van der Waals surface area (Å²) in [6.07, 6.45) is -2.36. The van der Waals surface area contributed by atoms with Crippen LogP contribution in [0.3, 0.4) is 0 Å². The fourth-order valence-corrected chi connectivity index (χ4v) is 2.99. The third-order valence-corrected chi connectivity index (χ3v) is 3.66. The van der Waals surface area contributed by atoms with Crippen molar-refractivity contribution in [3.63, 3.8) is 0 Å². The molecule has 22 heavy (non-hydrogen) atoms. The Balaban J connectivity index is 2.68. The maximum Gasteiger partial charge on any atom is 0.406 e. The summed E-state index contributed by atoms with van der Waals surface area (Å²) in [5.41, 5.74) is 5.62. The number of likely N-dealkylation sites (tertiary alicyclic amines) is 1. The minimum atomic E-state index is -4.35. The molecule has 4 nitrogen and oxygen atoms in total. The van der Waals surface area contributed by atoms with E-state index >= 15 is 0 Å². The molecule has 1 fully saturated rings. The van der Waals surface area contributed by atoms with Crippen LogP contribution in [0, 0.1) is 5.92 Å². The minimum absolute atomic E-state index is 0.150. The van der Waals surface area contributed by atoms with Crippen molar-refractivity contribution in [1.82, 2.24) is 9.80 Å². The number of nitrogens with zero attached hydrogens (tertiary/aromatic N) is 2. The quantitative estimate of drug-likeness (QED) is 0.815. The number of hydrogen-bond donors (Lipinski definition) is 1. The van der Waals surface area contributed by atoms with Crippen molar-refractivity contribution in [2.45, 2.75) is 51.7 Å². The molecule has 1 atom stereocenters. The van der Waals surface area contributed by atoms with Gasteiger partial charge in [-0.1, -0.05) is 6.92 Å². The summed E-state index contributed by atoms with van der Waals surface area (Å²) in [6.45, 7) is 6.58. The second kappa shape index (κ2) is 7.64. The number of hydrogen-bond acceptors (Lipinski definition) is 3. The number of alkyl halides is 3. The Labute approximate surface area is 130 Å². The molecule has 1 rings (SSSR count). The molecule has 0 aromatic carbocycles. The van der Waals surface area contributed by atoms with Gasteiger partial charge in [-0.25, -0.2) is 0 Å². The van der Waals surface area contributed by atoms with Gasteiger partial charge in [0.25, 0.3) is 0 Å². The smallest absolute Gasteiger partial charge is 0.333 e. The highest BCUT2D eigenvalue weighted by Crippen LogP contribution is 2.23. The molecule has 130 valence electrons. The number of carbonyl (C=O) groups is 1. The van der Waals surface area contributed by atoms with Crippen LogP contribution in [0.5, 0.6) is 0 Å². The third kappa shape index (κ3) is 6.96. The van der Waals surface area contributed by atoms with Crippen LogP contribution in [0.4, 0.5) is 13.2 Å². The highest BCUT2D eigenvalue weighted by atomic mass is 19.4. The molecule has 0 aliphatic carbocycles. The lowest BCUT2D eigenvalue weighted by Crippen LogP contribution is -2.52. The van der Waals surface area contributed by atoms with Crippen molar-refractivity contribution < 1.29 is 18.0 Å². The molecule has 0 bridgehead atoms. The van der Waals surface area contributed by atoms with Crippen molar-refractivity contribution in [2.75, 3.05) is 32.7 Å². The Morgan fingerprint density at radius 2 is 2.00 bits per heavy atom. The summed E-state index contributed by atoms with van der Waals surface area (Å²) < 4.78 is 37.9. The van der Waals surface area contributed by atoms with Crippen LogP contribution in [-0.4, -0.2) is 60.1 Å². The van der Waals surface area contributed by atoms with Crippen LogP contribution >= 0.6 is 0 Å². The van der Waals surface area contributed by atoms with Gasteiger partial charge < -0.3 is 15.5 Å². The number of halogens is 3. The maximum absolute atomic E-state index is 12.6. The number of piperidine rings is 1. The summed E-state index contributed by atoms with van der Waals surface area (Å²) in [5, 5.41) is 0. The largest absolute Gasteiger partial charge is 0.406 e. The van der Waals surface area contributed by atoms with Gasteiger partial charge in [-0.15, -0.1) is 0 Å². The van der Waals surface area contributed by atoms with E-state index in [0.29, 0.717) is 25.9 Å². The molecule has 1 heterocycles. The molecule has 1 amide bonds. The summed E-state index contributed by atoms with van der Waals surface area (Å²) in [5.74, 6) is -0.733. The average Bonchev–Trinajstić information content (AvgIpc) is 2.34. The summed E-state index contributed by atoms with van der Waals surface area (Å²) in [7, 11) is 0. The molecule has 7 heteroatoms. The van der Waals surface area contributed by atoms with Gasteiger partial charge in [0.15, 0.2) is 0 Å². The molecule has 2 N–H and O–H groups in total. The molecular weight excluding hydrogens is 295 g/mol. The van der Waals surface area contributed by atoms with Gasteiger partial charge in [-0.05, 0) is 39.7 Å². The number of rotatable bonds is 6. The predicted octanol–water partition coefficient (Wildman–Crippen LogP) is 2.24. The average molecular weight is 323 g/mol. The summed E-state index contributed by atoms with van der Waals surface area (Å²) in [6, 6.07) is 0. The molecular formula is C15H28F3N3O. The number of amides is 1. The standard InChI is InChI=1S/C15H28F3N3O/c1-4-7-21(11-15(16,17)18)13(22)12-6-5-8-20(9-12)10-14(2,3)19/h12H,4-11,19H2,1-3H3. The Hall–Kier alpha value is -0.820. The molecule has 0 saturated carbocycles. The van der Waals surface area contributed by atoms with Crippen LogP contribution in [0.15, 0.2) is 0 Å². The van der Waals surface area contributed by atoms with E-state index in [1.54, 1.807) is 6.92 Å². The van der Waals surface area contributed by atoms with Crippen LogP contribution in [0.25, 0.3) is 0 Å². The van der Waals surface area contributed by atoms with Crippen LogP contribution < -0.4 is 5.73 Å². The van der Waals surface area contributed by atoms with Gasteiger partial charge in [-0.3, -0.25) is 4.79 Å². The zero-order chi connectivity index (χ0) is 17.0. The Morgan fingerprint density at radius 1 is 1.36 bits per heavy atom. The zero-order valence-corrected chi connectivity index (χ0v) is 13.7. The van der Waals surface area contributed by atoms with E-state index in [0.717, 1.165) is 17.9 Å². The van der Waals surface area contributed by atoms with Gasteiger partial charge in [-0.2, -0.15) is 13.2 Å². The monoisotopic (exact) mass is 323 g/mol. The molecule has 1 unspecified atom stereocenters. The van der Waals surface area contributed by atoms with Crippen molar-refractivity contribution in [2.24, 2.45) is 11.7 Å². The zero-order valence-electron chi connectivity index (χ0n) is 13.7. The van der Waals surface area contributed by atoms with Gasteiger partial charge in [0, 0.05) is 25.2 Å². The van der Waals surface area contributed by atoms with Crippen molar-refractivity contribution in [3.8, 4) is 0 Å². The van der Waals surface area contributed by atoms with Gasteiger partial charge in [0.05, 0.1) is 5.92 Å². The van der Waals surface area contributed by atoms with Crippen molar-refractivity contribution >= 4 is 5.91 Å². The fraction of sp³-hybridized carbons (Fsp3) is 0.933. The Morgan fingerprint density at radius 3 is 2.50 bits per heavy atom. The first-order valence-electron chi connectivity index (χ1n) is 7.88. The van der Waals surface area contributed by atoms with Crippen LogP contribution in [-0.2, 0) is 4.79 Å². The van der Waals surface area contributed by atoms with E-state index in [1.807, 2.05) is 13.8 Å². The molecule has 0 aromatic rings. The van der Waals surface area contributed by atoms with Gasteiger partial charge in [0.2, 0.25) is 5.91 Å². The number of nitrogens with two attached hydrogens (primary N) is 1. The SMILES string of the molecule is CCCN(CC(F)(F)F)C(=O)C1CCCN(CC(C)(C)N)C1. The lowest BCUT2D eigenvalue weighted by atomic mass is 9.94. The van der Waals surface area contributed by atoms with Crippen molar-refractivity contribution in [3.05, 3.63) is 0 Å². The molecule has 1 saturated heterocycles. The van der Waals surface area contributed by atoms with Crippen LogP contribution in [0.1, 0.15) is 40.0 Å². The summed E-state index contributed by atoms with van der Waals surface area (Å²) >= 11 is 0. The normalized spacial score (nSPS) is 21.0. The molecule has 0 aromatic heterocycles. The lowest BCUT2D eigenvalue weighted by molar-refractivity contribution is -0.164. The topological polar surface area (TPSA) is 49.6 Å². The van der Waals surface area contributed by atoms with E-state index in [9.17, 15) is 18.0 Å². The lowest BCUT2D eigenvalue weighted by Gasteiger charge is -2.37. The van der Waals surface area contributed by atoms with Crippen molar-refractivity contribution in [1.29, 1.82) is 0 Å². The maximum atomic E-state index is 12.6. The second-order valence-electron chi connectivity index (χ2n) is 6.94. The first-order valence-corrected chi connectivity index (χ1v) is 7.88. The number of carbonyl (C=O) groups excluding carboxylic acids is 1. The van der Waals surface area contributed by atoms with E-state index in [2.05, 4.69) is 4.90 Å². The van der Waals surface area contributed by atoms with E-state index < -0.39 is 12.7 Å². The first kappa shape index (κ1) is 19.2. The first-order chi connectivity index (χ1) is 10.0. The highest BCUT2D eigenvalue weighted by Gasteiger charge is 2.36. The van der Waals surface area contributed by atoms with Gasteiger partial charge in [0.1, 0.15) is 6.54 Å². The molecule has 1 aliphatic heterocycles.